The van der Waals surface area contributed by atoms with Crippen LogP contribution in [0.1, 0.15) is 27.3 Å². The lowest BCUT2D eigenvalue weighted by molar-refractivity contribution is 0.0949. The Morgan fingerprint density at radius 3 is 2.62 bits per heavy atom. The number of benzene rings is 2. The Morgan fingerprint density at radius 2 is 1.90 bits per heavy atom. The van der Waals surface area contributed by atoms with Gasteiger partial charge in [-0.25, -0.2) is 9.97 Å². The zero-order valence-electron chi connectivity index (χ0n) is 16.3. The maximum atomic E-state index is 12.5. The highest BCUT2D eigenvalue weighted by molar-refractivity contribution is 5.92. The van der Waals surface area contributed by atoms with Crippen LogP contribution in [-0.4, -0.2) is 29.5 Å². The van der Waals surface area contributed by atoms with E-state index >= 15 is 0 Å². The Balaban J connectivity index is 1.65. The molecule has 0 aliphatic heterocycles. The molecule has 7 heteroatoms. The maximum absolute atomic E-state index is 12.5. The van der Waals surface area contributed by atoms with Gasteiger partial charge in [0.15, 0.2) is 0 Å². The summed E-state index contributed by atoms with van der Waals surface area (Å²) in [4.78, 5) is 21.2. The molecule has 3 rings (SSSR count). The third-order valence-corrected chi connectivity index (χ3v) is 4.23. The third kappa shape index (κ3) is 5.30. The number of anilines is 2. The number of nitrogens with one attached hydrogen (secondary N) is 2. The molecular weight excluding hydrogens is 366 g/mol. The number of para-hydroxylation sites is 1. The molecule has 1 aromatic heterocycles. The number of methoxy groups -OCH3 is 1. The van der Waals surface area contributed by atoms with Gasteiger partial charge in [0.05, 0.1) is 18.7 Å². The van der Waals surface area contributed by atoms with E-state index in [2.05, 4.69) is 26.7 Å². The fraction of sp³-hybridized carbons (Fsp3) is 0.182. The number of hydrogen-bond acceptors (Lipinski definition) is 6. The molecule has 1 heterocycles. The third-order valence-electron chi connectivity index (χ3n) is 4.23. The molecule has 0 saturated heterocycles. The fourth-order valence-corrected chi connectivity index (χ4v) is 2.81. The normalized spacial score (nSPS) is 10.1. The van der Waals surface area contributed by atoms with E-state index in [1.165, 1.54) is 0 Å². The largest absolute Gasteiger partial charge is 0.496 e. The molecule has 0 saturated carbocycles. The number of nitriles is 1. The number of carbonyl (C=O) groups excluding carboxylic acids is 1. The van der Waals surface area contributed by atoms with Crippen molar-refractivity contribution in [2.45, 2.75) is 13.3 Å². The summed E-state index contributed by atoms with van der Waals surface area (Å²) in [6.45, 7) is 2.26. The zero-order chi connectivity index (χ0) is 20.6. The Hall–Kier alpha value is -3.92. The molecule has 7 nitrogen and oxygen atoms in total. The van der Waals surface area contributed by atoms with Crippen LogP contribution in [0.4, 0.5) is 11.6 Å². The first kappa shape index (κ1) is 19.8. The van der Waals surface area contributed by atoms with Gasteiger partial charge in [-0.3, -0.25) is 4.79 Å². The molecule has 1 amide bonds. The number of ether oxygens (including phenoxy) is 1. The van der Waals surface area contributed by atoms with Gasteiger partial charge in [0.25, 0.3) is 5.91 Å². The molecule has 0 unspecified atom stereocenters. The predicted molar refractivity (Wildman–Crippen MR) is 110 cm³/mol. The summed E-state index contributed by atoms with van der Waals surface area (Å²) in [6, 6.07) is 18.3. The van der Waals surface area contributed by atoms with Crippen molar-refractivity contribution in [2.24, 2.45) is 0 Å². The molecule has 0 atom stereocenters. The van der Waals surface area contributed by atoms with E-state index in [-0.39, 0.29) is 11.6 Å². The van der Waals surface area contributed by atoms with Crippen LogP contribution in [0.5, 0.6) is 5.75 Å². The van der Waals surface area contributed by atoms with E-state index in [0.717, 1.165) is 17.0 Å². The number of nitrogens with zero attached hydrogens (tertiary/aromatic N) is 3. The van der Waals surface area contributed by atoms with E-state index in [1.807, 2.05) is 24.3 Å². The van der Waals surface area contributed by atoms with Gasteiger partial charge in [-0.05, 0) is 55.3 Å². The van der Waals surface area contributed by atoms with Crippen LogP contribution < -0.4 is 15.4 Å². The molecule has 2 aromatic carbocycles. The van der Waals surface area contributed by atoms with E-state index in [1.54, 1.807) is 44.4 Å². The molecule has 29 heavy (non-hydrogen) atoms. The molecule has 0 fully saturated rings. The molecule has 3 aromatic rings. The summed E-state index contributed by atoms with van der Waals surface area (Å²) in [5, 5.41) is 14.8. The van der Waals surface area contributed by atoms with Crippen molar-refractivity contribution >= 4 is 17.5 Å². The van der Waals surface area contributed by atoms with E-state index in [4.69, 9.17) is 10.00 Å². The van der Waals surface area contributed by atoms with Crippen LogP contribution in [0.3, 0.4) is 0 Å². The van der Waals surface area contributed by atoms with Gasteiger partial charge in [0.2, 0.25) is 5.95 Å². The quantitative estimate of drug-likeness (QED) is 0.645. The molecule has 0 aliphatic rings. The van der Waals surface area contributed by atoms with Crippen molar-refractivity contribution in [3.63, 3.8) is 0 Å². The second kappa shape index (κ2) is 9.33. The SMILES string of the molecule is COc1ccccc1CCNC(=O)c1cc(C)nc(Nc2ccc(C#N)cc2)n1. The van der Waals surface area contributed by atoms with Crippen LogP contribution >= 0.6 is 0 Å². The highest BCUT2D eigenvalue weighted by Crippen LogP contribution is 2.17. The van der Waals surface area contributed by atoms with Gasteiger partial charge in [0, 0.05) is 17.9 Å². The smallest absolute Gasteiger partial charge is 0.270 e. The second-order valence-electron chi connectivity index (χ2n) is 6.35. The van der Waals surface area contributed by atoms with Crippen LogP contribution in [0.2, 0.25) is 0 Å². The summed E-state index contributed by atoms with van der Waals surface area (Å²) >= 11 is 0. The minimum Gasteiger partial charge on any atom is -0.496 e. The molecule has 0 radical (unpaired) electrons. The molecule has 0 aliphatic carbocycles. The molecular formula is C22H21N5O2. The molecule has 2 N–H and O–H groups in total. The van der Waals surface area contributed by atoms with Crippen LogP contribution in [0.25, 0.3) is 0 Å². The first-order valence-corrected chi connectivity index (χ1v) is 9.12. The zero-order valence-corrected chi connectivity index (χ0v) is 16.3. The minimum absolute atomic E-state index is 0.270. The Kier molecular flexibility index (Phi) is 6.38. The number of rotatable bonds is 7. The predicted octanol–water partition coefficient (Wildman–Crippen LogP) is 3.38. The van der Waals surface area contributed by atoms with Gasteiger partial charge in [0.1, 0.15) is 11.4 Å². The average Bonchev–Trinajstić information content (AvgIpc) is 2.74. The maximum Gasteiger partial charge on any atom is 0.270 e. The summed E-state index contributed by atoms with van der Waals surface area (Å²) in [5.41, 5.74) is 3.28. The van der Waals surface area contributed by atoms with Crippen molar-refractivity contribution in [1.82, 2.24) is 15.3 Å². The number of aryl methyl sites for hydroxylation is 1. The van der Waals surface area contributed by atoms with Gasteiger partial charge in [-0.1, -0.05) is 18.2 Å². The van der Waals surface area contributed by atoms with E-state index in [0.29, 0.717) is 30.2 Å². The van der Waals surface area contributed by atoms with Crippen LogP contribution in [0, 0.1) is 18.3 Å². The lowest BCUT2D eigenvalue weighted by atomic mass is 10.1. The number of amides is 1. The van der Waals surface area contributed by atoms with Crippen molar-refractivity contribution in [3.05, 3.63) is 77.1 Å². The van der Waals surface area contributed by atoms with Gasteiger partial charge < -0.3 is 15.4 Å². The van der Waals surface area contributed by atoms with E-state index < -0.39 is 0 Å². The molecule has 0 bridgehead atoms. The monoisotopic (exact) mass is 387 g/mol. The lowest BCUT2D eigenvalue weighted by Crippen LogP contribution is -2.27. The van der Waals surface area contributed by atoms with Gasteiger partial charge in [-0.2, -0.15) is 5.26 Å². The minimum atomic E-state index is -0.270. The Morgan fingerprint density at radius 1 is 1.14 bits per heavy atom. The van der Waals surface area contributed by atoms with Crippen molar-refractivity contribution < 1.29 is 9.53 Å². The Bertz CT molecular complexity index is 1040. The van der Waals surface area contributed by atoms with E-state index in [9.17, 15) is 4.79 Å². The first-order valence-electron chi connectivity index (χ1n) is 9.12. The van der Waals surface area contributed by atoms with Crippen molar-refractivity contribution in [3.8, 4) is 11.8 Å². The second-order valence-corrected chi connectivity index (χ2v) is 6.35. The Labute approximate surface area is 169 Å². The highest BCUT2D eigenvalue weighted by atomic mass is 16.5. The van der Waals surface area contributed by atoms with Gasteiger partial charge >= 0.3 is 0 Å². The summed E-state index contributed by atoms with van der Waals surface area (Å²) in [6.07, 6.45) is 0.649. The summed E-state index contributed by atoms with van der Waals surface area (Å²) in [7, 11) is 1.63. The fourth-order valence-electron chi connectivity index (χ4n) is 2.81. The standard InChI is InChI=1S/C22H21N5O2/c1-15-13-19(21(28)24-12-11-17-5-3-4-6-20(17)29-2)27-22(25-15)26-18-9-7-16(14-23)8-10-18/h3-10,13H,11-12H2,1-2H3,(H,24,28)(H,25,26,27). The lowest BCUT2D eigenvalue weighted by Gasteiger charge is -2.10. The van der Waals surface area contributed by atoms with Crippen LogP contribution in [0.15, 0.2) is 54.6 Å². The average molecular weight is 387 g/mol. The molecule has 146 valence electrons. The number of hydrogen-bond donors (Lipinski definition) is 2. The number of aromatic nitrogens is 2. The first-order chi connectivity index (χ1) is 14.1. The highest BCUT2D eigenvalue weighted by Gasteiger charge is 2.11. The van der Waals surface area contributed by atoms with Crippen molar-refractivity contribution in [2.75, 3.05) is 19.0 Å². The number of carbonyl (C=O) groups is 1. The summed E-state index contributed by atoms with van der Waals surface area (Å²) in [5.74, 6) is 0.853. The summed E-state index contributed by atoms with van der Waals surface area (Å²) < 4.78 is 5.33. The van der Waals surface area contributed by atoms with Crippen molar-refractivity contribution in [1.29, 1.82) is 5.26 Å². The molecule has 0 spiro atoms. The van der Waals surface area contributed by atoms with Gasteiger partial charge in [-0.15, -0.1) is 0 Å². The van der Waals surface area contributed by atoms with Crippen LogP contribution in [-0.2, 0) is 6.42 Å². The topological polar surface area (TPSA) is 99.9 Å².